The summed E-state index contributed by atoms with van der Waals surface area (Å²) in [6.45, 7) is 5.68. The molecule has 0 unspecified atom stereocenters. The zero-order valence-electron chi connectivity index (χ0n) is 18.9. The van der Waals surface area contributed by atoms with Crippen LogP contribution in [-0.4, -0.2) is 14.3 Å². The van der Waals surface area contributed by atoms with Crippen molar-refractivity contribution in [3.8, 4) is 0 Å². The first-order chi connectivity index (χ1) is 15.7. The van der Waals surface area contributed by atoms with Crippen LogP contribution in [0.4, 0.5) is 5.69 Å². The van der Waals surface area contributed by atoms with Gasteiger partial charge in [0.05, 0.1) is 16.8 Å². The van der Waals surface area contributed by atoms with Crippen molar-refractivity contribution in [3.05, 3.63) is 93.0 Å². The Labute approximate surface area is 200 Å². The second kappa shape index (κ2) is 9.20. The van der Waals surface area contributed by atoms with Crippen molar-refractivity contribution < 1.29 is 13.2 Å². The molecule has 1 amide bonds. The normalized spacial score (nSPS) is 13.9. The fraction of sp³-hybridized carbons (Fsp3) is 0.269. The molecule has 1 aliphatic rings. The van der Waals surface area contributed by atoms with Gasteiger partial charge in [-0.3, -0.25) is 9.52 Å². The minimum absolute atomic E-state index is 0.0519. The Bertz CT molecular complexity index is 1340. The maximum absolute atomic E-state index is 13.1. The van der Waals surface area contributed by atoms with Crippen molar-refractivity contribution in [2.45, 2.75) is 51.0 Å². The van der Waals surface area contributed by atoms with Gasteiger partial charge in [-0.15, -0.1) is 0 Å². The molecule has 0 saturated heterocycles. The summed E-state index contributed by atoms with van der Waals surface area (Å²) >= 11 is 6.23. The van der Waals surface area contributed by atoms with E-state index in [9.17, 15) is 13.2 Å². The van der Waals surface area contributed by atoms with Crippen molar-refractivity contribution in [2.75, 3.05) is 4.72 Å². The van der Waals surface area contributed by atoms with Gasteiger partial charge in [-0.1, -0.05) is 41.9 Å². The third-order valence-electron chi connectivity index (χ3n) is 6.30. The SMILES string of the molecule is Cc1cccc(NS(=O)(=O)c2cc(C(=O)N[C@@H](C)c3ccc4c(c3)CCC4)ccc2Cl)c1C. The summed E-state index contributed by atoms with van der Waals surface area (Å²) in [5, 5.41) is 3.02. The van der Waals surface area contributed by atoms with Crippen molar-refractivity contribution >= 4 is 33.2 Å². The van der Waals surface area contributed by atoms with Crippen LogP contribution in [0.3, 0.4) is 0 Å². The Hall–Kier alpha value is -2.83. The van der Waals surface area contributed by atoms with Crippen LogP contribution in [0.5, 0.6) is 0 Å². The van der Waals surface area contributed by atoms with E-state index in [2.05, 4.69) is 22.2 Å². The van der Waals surface area contributed by atoms with Crippen LogP contribution in [0, 0.1) is 13.8 Å². The molecular weight excluding hydrogens is 456 g/mol. The number of nitrogens with one attached hydrogen (secondary N) is 2. The van der Waals surface area contributed by atoms with E-state index in [1.807, 2.05) is 32.9 Å². The van der Waals surface area contributed by atoms with Crippen LogP contribution < -0.4 is 10.0 Å². The molecule has 33 heavy (non-hydrogen) atoms. The highest BCUT2D eigenvalue weighted by Crippen LogP contribution is 2.28. The topological polar surface area (TPSA) is 75.3 Å². The molecule has 1 aliphatic carbocycles. The monoisotopic (exact) mass is 482 g/mol. The average Bonchev–Trinajstić information content (AvgIpc) is 3.25. The van der Waals surface area contributed by atoms with Gasteiger partial charge in [-0.2, -0.15) is 0 Å². The molecule has 3 aromatic carbocycles. The molecule has 0 spiro atoms. The third-order valence-corrected chi connectivity index (χ3v) is 8.15. The summed E-state index contributed by atoms with van der Waals surface area (Å²) in [6, 6.07) is 15.8. The quantitative estimate of drug-likeness (QED) is 0.470. The molecule has 0 fully saturated rings. The Morgan fingerprint density at radius 1 is 1.00 bits per heavy atom. The van der Waals surface area contributed by atoms with E-state index in [1.165, 1.54) is 29.3 Å². The number of carbonyl (C=O) groups is 1. The number of anilines is 1. The molecule has 4 rings (SSSR count). The maximum Gasteiger partial charge on any atom is 0.263 e. The van der Waals surface area contributed by atoms with E-state index in [0.717, 1.165) is 36.0 Å². The van der Waals surface area contributed by atoms with E-state index >= 15 is 0 Å². The lowest BCUT2D eigenvalue weighted by atomic mass is 10.0. The molecule has 0 bridgehead atoms. The lowest BCUT2D eigenvalue weighted by molar-refractivity contribution is 0.0939. The number of carbonyl (C=O) groups excluding carboxylic acids is 1. The van der Waals surface area contributed by atoms with Gasteiger partial charge in [0.2, 0.25) is 0 Å². The fourth-order valence-electron chi connectivity index (χ4n) is 4.14. The number of fused-ring (bicyclic) bond motifs is 1. The third kappa shape index (κ3) is 4.92. The summed E-state index contributed by atoms with van der Waals surface area (Å²) in [4.78, 5) is 12.8. The van der Waals surface area contributed by atoms with Crippen LogP contribution in [0.15, 0.2) is 59.5 Å². The summed E-state index contributed by atoms with van der Waals surface area (Å²) in [7, 11) is -3.99. The van der Waals surface area contributed by atoms with Gasteiger partial charge in [0.25, 0.3) is 15.9 Å². The highest BCUT2D eigenvalue weighted by Gasteiger charge is 2.22. The summed E-state index contributed by atoms with van der Waals surface area (Å²) in [6.07, 6.45) is 3.34. The molecule has 7 heteroatoms. The van der Waals surface area contributed by atoms with Crippen LogP contribution in [0.1, 0.15) is 57.6 Å². The first-order valence-electron chi connectivity index (χ1n) is 11.0. The molecule has 1 atom stereocenters. The van der Waals surface area contributed by atoms with Crippen molar-refractivity contribution in [2.24, 2.45) is 0 Å². The van der Waals surface area contributed by atoms with Gasteiger partial charge < -0.3 is 5.32 Å². The number of rotatable bonds is 6. The predicted molar refractivity (Wildman–Crippen MR) is 133 cm³/mol. The van der Waals surface area contributed by atoms with Gasteiger partial charge in [0, 0.05) is 5.56 Å². The largest absolute Gasteiger partial charge is 0.346 e. The first-order valence-corrected chi connectivity index (χ1v) is 12.8. The van der Waals surface area contributed by atoms with Crippen LogP contribution >= 0.6 is 11.6 Å². The minimum Gasteiger partial charge on any atom is -0.346 e. The molecule has 0 heterocycles. The van der Waals surface area contributed by atoms with Crippen LogP contribution in [0.25, 0.3) is 0 Å². The molecule has 2 N–H and O–H groups in total. The van der Waals surface area contributed by atoms with Crippen LogP contribution in [-0.2, 0) is 22.9 Å². The first kappa shape index (κ1) is 23.3. The van der Waals surface area contributed by atoms with Gasteiger partial charge in [-0.05, 0) is 92.1 Å². The Balaban J connectivity index is 1.56. The summed E-state index contributed by atoms with van der Waals surface area (Å²) in [5.74, 6) is -0.358. The van der Waals surface area contributed by atoms with Crippen LogP contribution in [0.2, 0.25) is 5.02 Å². The van der Waals surface area contributed by atoms with Gasteiger partial charge in [-0.25, -0.2) is 8.42 Å². The van der Waals surface area contributed by atoms with Crippen molar-refractivity contribution in [1.82, 2.24) is 5.32 Å². The number of halogens is 1. The molecule has 3 aromatic rings. The number of benzene rings is 3. The molecule has 5 nitrogen and oxygen atoms in total. The highest BCUT2D eigenvalue weighted by molar-refractivity contribution is 7.92. The average molecular weight is 483 g/mol. The van der Waals surface area contributed by atoms with E-state index in [4.69, 9.17) is 11.6 Å². The van der Waals surface area contributed by atoms with Crippen molar-refractivity contribution in [1.29, 1.82) is 0 Å². The zero-order chi connectivity index (χ0) is 23.8. The second-order valence-electron chi connectivity index (χ2n) is 8.58. The Morgan fingerprint density at radius 3 is 2.55 bits per heavy atom. The maximum atomic E-state index is 13.1. The molecular formula is C26H27ClN2O3S. The highest BCUT2D eigenvalue weighted by atomic mass is 35.5. The van der Waals surface area contributed by atoms with E-state index in [1.54, 1.807) is 12.1 Å². The van der Waals surface area contributed by atoms with Crippen molar-refractivity contribution in [3.63, 3.8) is 0 Å². The smallest absolute Gasteiger partial charge is 0.263 e. The van der Waals surface area contributed by atoms with Gasteiger partial charge in [0.15, 0.2) is 0 Å². The second-order valence-corrected chi connectivity index (χ2v) is 10.6. The molecule has 0 saturated carbocycles. The van der Waals surface area contributed by atoms with Gasteiger partial charge in [0.1, 0.15) is 4.90 Å². The minimum atomic E-state index is -3.99. The summed E-state index contributed by atoms with van der Waals surface area (Å²) < 4.78 is 28.8. The number of hydrogen-bond donors (Lipinski definition) is 2. The number of aryl methyl sites for hydroxylation is 3. The predicted octanol–water partition coefficient (Wildman–Crippen LogP) is 5.74. The van der Waals surface area contributed by atoms with E-state index in [-0.39, 0.29) is 27.4 Å². The Kier molecular flexibility index (Phi) is 6.50. The molecule has 0 aliphatic heterocycles. The number of hydrogen-bond acceptors (Lipinski definition) is 3. The lowest BCUT2D eigenvalue weighted by Crippen LogP contribution is -2.27. The lowest BCUT2D eigenvalue weighted by Gasteiger charge is -2.17. The number of amides is 1. The standard InChI is InChI=1S/C26H27ClN2O3S/c1-16-6-4-9-24(17(16)2)29-33(31,32)25-15-22(12-13-23(25)27)26(30)28-18(3)20-11-10-19-7-5-8-21(19)14-20/h4,6,9-15,18,29H,5,7-8H2,1-3H3,(H,28,30)/t18-/m0/s1. The molecule has 172 valence electrons. The molecule has 0 aromatic heterocycles. The Morgan fingerprint density at radius 2 is 1.76 bits per heavy atom. The molecule has 0 radical (unpaired) electrons. The zero-order valence-corrected chi connectivity index (χ0v) is 20.5. The fourth-order valence-corrected chi connectivity index (χ4v) is 5.79. The van der Waals surface area contributed by atoms with Gasteiger partial charge >= 0.3 is 0 Å². The van der Waals surface area contributed by atoms with E-state index < -0.39 is 10.0 Å². The van der Waals surface area contributed by atoms with E-state index in [0.29, 0.717) is 5.69 Å². The summed E-state index contributed by atoms with van der Waals surface area (Å²) in [5.41, 5.74) is 6.25. The number of sulfonamides is 1.